The van der Waals surface area contributed by atoms with Gasteiger partial charge in [-0.05, 0) is 45.9 Å². The van der Waals surface area contributed by atoms with Crippen LogP contribution < -0.4 is 15.0 Å². The summed E-state index contributed by atoms with van der Waals surface area (Å²) in [7, 11) is 1.53. The first-order valence-corrected chi connectivity index (χ1v) is 9.44. The van der Waals surface area contributed by atoms with Gasteiger partial charge in [-0.15, -0.1) is 0 Å². The van der Waals surface area contributed by atoms with E-state index in [2.05, 4.69) is 35.6 Å². The van der Waals surface area contributed by atoms with Crippen molar-refractivity contribution in [2.45, 2.75) is 39.3 Å². The van der Waals surface area contributed by atoms with Gasteiger partial charge >= 0.3 is 6.09 Å². The van der Waals surface area contributed by atoms with Gasteiger partial charge in [0.1, 0.15) is 0 Å². The average molecular weight is 376 g/mol. The fourth-order valence-electron chi connectivity index (χ4n) is 3.04. The van der Waals surface area contributed by atoms with E-state index in [0.717, 1.165) is 20.7 Å². The zero-order valence-electron chi connectivity index (χ0n) is 15.7. The maximum Gasteiger partial charge on any atom is 0.415 e. The van der Waals surface area contributed by atoms with Gasteiger partial charge in [0.15, 0.2) is 10.9 Å². The number of rotatable bonds is 3. The Morgan fingerprint density at radius 2 is 2.15 bits per heavy atom. The van der Waals surface area contributed by atoms with Crippen LogP contribution in [0.1, 0.15) is 27.7 Å². The minimum atomic E-state index is -0.781. The Bertz CT molecular complexity index is 923. The molecule has 7 nitrogen and oxygen atoms in total. The first-order chi connectivity index (χ1) is 12.3. The first kappa shape index (κ1) is 18.4. The van der Waals surface area contributed by atoms with Gasteiger partial charge in [-0.3, -0.25) is 14.7 Å². The molecule has 2 heterocycles. The molecule has 8 heteroatoms. The molecule has 1 aliphatic heterocycles. The monoisotopic (exact) mass is 376 g/mol. The highest BCUT2D eigenvalue weighted by atomic mass is 32.1. The van der Waals surface area contributed by atoms with Crippen molar-refractivity contribution in [3.05, 3.63) is 23.0 Å². The summed E-state index contributed by atoms with van der Waals surface area (Å²) in [6.45, 7) is 9.37. The molecule has 0 aliphatic carbocycles. The lowest BCUT2D eigenvalue weighted by molar-refractivity contribution is -0.127. The Morgan fingerprint density at radius 1 is 1.42 bits per heavy atom. The maximum absolute atomic E-state index is 12.2. The van der Waals surface area contributed by atoms with Crippen LogP contribution >= 0.6 is 11.3 Å². The normalized spacial score (nSPS) is 18.5. The smallest absolute Gasteiger partial charge is 0.415 e. The van der Waals surface area contributed by atoms with Crippen LogP contribution in [0.5, 0.6) is 0 Å². The van der Waals surface area contributed by atoms with E-state index >= 15 is 0 Å². The fraction of sp³-hybridized carbons (Fsp3) is 0.500. The van der Waals surface area contributed by atoms with Crippen molar-refractivity contribution in [1.82, 2.24) is 9.88 Å². The second kappa shape index (κ2) is 6.75. The number of cyclic esters (lactones) is 1. The summed E-state index contributed by atoms with van der Waals surface area (Å²) in [4.78, 5) is 31.0. The van der Waals surface area contributed by atoms with Crippen molar-refractivity contribution in [2.75, 3.05) is 25.0 Å². The highest BCUT2D eigenvalue weighted by molar-refractivity contribution is 7.16. The van der Waals surface area contributed by atoms with Gasteiger partial charge in [-0.25, -0.2) is 4.79 Å². The third-order valence-electron chi connectivity index (χ3n) is 4.20. The SMILES string of the molecule is CC/N=c1/sc2cc(N3C[C@H](C(=O)NC)OC3=O)ccc2n1C(C)(C)C. The number of nitrogens with zero attached hydrogens (tertiary/aromatic N) is 3. The van der Waals surface area contributed by atoms with Crippen molar-refractivity contribution in [1.29, 1.82) is 0 Å². The van der Waals surface area contributed by atoms with Crippen LogP contribution in [0.3, 0.4) is 0 Å². The Kier molecular flexibility index (Phi) is 4.79. The molecule has 1 aromatic carbocycles. The quantitative estimate of drug-likeness (QED) is 0.894. The number of hydrogen-bond acceptors (Lipinski definition) is 5. The Labute approximate surface area is 156 Å². The van der Waals surface area contributed by atoms with Crippen LogP contribution in [-0.4, -0.2) is 42.8 Å². The van der Waals surface area contributed by atoms with Crippen LogP contribution in [0.2, 0.25) is 0 Å². The Morgan fingerprint density at radius 3 is 2.77 bits per heavy atom. The van der Waals surface area contributed by atoms with Gasteiger partial charge in [-0.2, -0.15) is 0 Å². The summed E-state index contributed by atoms with van der Waals surface area (Å²) in [6.07, 6.45) is -1.28. The van der Waals surface area contributed by atoms with Crippen molar-refractivity contribution in [2.24, 2.45) is 4.99 Å². The molecule has 1 aromatic heterocycles. The van der Waals surface area contributed by atoms with Gasteiger partial charge in [-0.1, -0.05) is 11.3 Å². The summed E-state index contributed by atoms with van der Waals surface area (Å²) in [5.74, 6) is -0.298. The number of thiazole rings is 1. The van der Waals surface area contributed by atoms with E-state index in [9.17, 15) is 9.59 Å². The molecule has 1 saturated heterocycles. The molecule has 1 N–H and O–H groups in total. The van der Waals surface area contributed by atoms with E-state index in [0.29, 0.717) is 6.54 Å². The average Bonchev–Trinajstić information content (AvgIpc) is 3.13. The predicted molar refractivity (Wildman–Crippen MR) is 103 cm³/mol. The number of fused-ring (bicyclic) bond motifs is 1. The lowest BCUT2D eigenvalue weighted by atomic mass is 10.1. The number of anilines is 1. The number of carbonyl (C=O) groups excluding carboxylic acids is 2. The second-order valence-corrected chi connectivity index (χ2v) is 8.12. The zero-order valence-corrected chi connectivity index (χ0v) is 16.5. The fourth-order valence-corrected chi connectivity index (χ4v) is 4.34. The molecular weight excluding hydrogens is 352 g/mol. The van der Waals surface area contributed by atoms with Crippen molar-refractivity contribution in [3.63, 3.8) is 0 Å². The third kappa shape index (κ3) is 3.21. The molecule has 0 spiro atoms. The molecule has 0 bridgehead atoms. The molecule has 0 unspecified atom stereocenters. The van der Waals surface area contributed by atoms with Gasteiger partial charge < -0.3 is 14.6 Å². The first-order valence-electron chi connectivity index (χ1n) is 8.62. The number of aromatic nitrogens is 1. The number of ether oxygens (including phenoxy) is 1. The number of carbonyl (C=O) groups is 2. The van der Waals surface area contributed by atoms with Crippen LogP contribution in [0.4, 0.5) is 10.5 Å². The van der Waals surface area contributed by atoms with E-state index in [1.807, 2.05) is 25.1 Å². The lowest BCUT2D eigenvalue weighted by Crippen LogP contribution is -2.35. The van der Waals surface area contributed by atoms with E-state index in [4.69, 9.17) is 4.74 Å². The molecule has 0 radical (unpaired) electrons. The van der Waals surface area contributed by atoms with E-state index in [1.165, 1.54) is 11.9 Å². The third-order valence-corrected chi connectivity index (χ3v) is 5.24. The summed E-state index contributed by atoms with van der Waals surface area (Å²) in [6, 6.07) is 5.85. The molecule has 26 heavy (non-hydrogen) atoms. The predicted octanol–water partition coefficient (Wildman–Crippen LogP) is 2.45. The van der Waals surface area contributed by atoms with Crippen LogP contribution in [0.15, 0.2) is 23.2 Å². The highest BCUT2D eigenvalue weighted by Gasteiger charge is 2.36. The molecular formula is C18H24N4O3S. The van der Waals surface area contributed by atoms with Gasteiger partial charge in [0, 0.05) is 24.8 Å². The van der Waals surface area contributed by atoms with E-state index in [1.54, 1.807) is 11.3 Å². The standard InChI is InChI=1S/C18H24N4O3S/c1-6-20-16-22(18(2,3)4)12-8-7-11(9-14(12)26-16)21-10-13(15(23)19-5)25-17(21)24/h7-9,13H,6,10H2,1-5H3,(H,19,23)/b20-16+/t13-/m1/s1. The molecule has 0 saturated carbocycles. The molecule has 3 rings (SSSR count). The van der Waals surface area contributed by atoms with Gasteiger partial charge in [0.2, 0.25) is 0 Å². The van der Waals surface area contributed by atoms with Crippen LogP contribution in [-0.2, 0) is 15.1 Å². The molecule has 140 valence electrons. The molecule has 1 atom stereocenters. The summed E-state index contributed by atoms with van der Waals surface area (Å²) in [5, 5.41) is 2.51. The molecule has 1 aliphatic rings. The number of benzene rings is 1. The van der Waals surface area contributed by atoms with Crippen molar-refractivity contribution >= 4 is 39.2 Å². The van der Waals surface area contributed by atoms with Gasteiger partial charge in [0.05, 0.1) is 16.8 Å². The Balaban J connectivity index is 2.05. The van der Waals surface area contributed by atoms with E-state index < -0.39 is 12.2 Å². The minimum Gasteiger partial charge on any atom is -0.434 e. The molecule has 1 fully saturated rings. The summed E-state index contributed by atoms with van der Waals surface area (Å²) < 4.78 is 8.43. The number of amides is 2. The zero-order chi connectivity index (χ0) is 19.1. The molecule has 2 aromatic rings. The van der Waals surface area contributed by atoms with Crippen LogP contribution in [0, 0.1) is 0 Å². The highest BCUT2D eigenvalue weighted by Crippen LogP contribution is 2.30. The Hall–Kier alpha value is -2.35. The lowest BCUT2D eigenvalue weighted by Gasteiger charge is -2.22. The van der Waals surface area contributed by atoms with Crippen LogP contribution in [0.25, 0.3) is 10.2 Å². The minimum absolute atomic E-state index is 0.106. The number of hydrogen-bond donors (Lipinski definition) is 1. The second-order valence-electron chi connectivity index (χ2n) is 7.11. The molecule has 2 amide bonds. The van der Waals surface area contributed by atoms with Crippen molar-refractivity contribution in [3.8, 4) is 0 Å². The number of nitrogens with one attached hydrogen (secondary N) is 1. The summed E-state index contributed by atoms with van der Waals surface area (Å²) in [5.41, 5.74) is 1.69. The number of likely N-dealkylation sites (N-methyl/N-ethyl adjacent to an activating group) is 1. The van der Waals surface area contributed by atoms with Crippen molar-refractivity contribution < 1.29 is 14.3 Å². The maximum atomic E-state index is 12.2. The topological polar surface area (TPSA) is 75.9 Å². The summed E-state index contributed by atoms with van der Waals surface area (Å²) >= 11 is 1.60. The largest absolute Gasteiger partial charge is 0.434 e. The van der Waals surface area contributed by atoms with Gasteiger partial charge in [0.25, 0.3) is 5.91 Å². The van der Waals surface area contributed by atoms with E-state index in [-0.39, 0.29) is 18.0 Å².